The Hall–Kier alpha value is -3.43. The number of amides is 2. The highest BCUT2D eigenvalue weighted by Gasteiger charge is 2.30. The molecule has 0 saturated heterocycles. The number of carbonyl (C=O) groups excluding carboxylic acids is 1. The van der Waals surface area contributed by atoms with Gasteiger partial charge in [0.1, 0.15) is 5.76 Å². The molecule has 0 saturated carbocycles. The third-order valence-corrected chi connectivity index (χ3v) is 4.47. The van der Waals surface area contributed by atoms with Gasteiger partial charge < -0.3 is 15.4 Å². The molecule has 2 N–H and O–H groups in total. The maximum Gasteiger partial charge on any atom is 0.417 e. The topological polar surface area (TPSA) is 63.2 Å². The highest BCUT2D eigenvalue weighted by molar-refractivity contribution is 5.90. The van der Waals surface area contributed by atoms with Crippen molar-refractivity contribution in [2.75, 3.05) is 5.32 Å². The molecule has 31 heavy (non-hydrogen) atoms. The standard InChI is InChI=1S/C21H18F5N3O2/c1-20(9-7-16(8-10-20)31-18(22)23)29-19(30)28-15-4-2-3-13(11-15)17-6-5-14(12-27-17)21(24,25)26/h2-9,11-12,18H,10H2,1H3,(H2,28,29,30). The van der Waals surface area contributed by atoms with Crippen LogP contribution in [0.2, 0.25) is 0 Å². The van der Waals surface area contributed by atoms with Crippen LogP contribution in [0.3, 0.4) is 0 Å². The minimum absolute atomic E-state index is 0.0198. The SMILES string of the molecule is CC1(NC(=O)Nc2cccc(-c3ccc(C(F)(F)F)cn3)c2)C=CC(OC(F)F)=CC1. The monoisotopic (exact) mass is 439 g/mol. The first-order valence-electron chi connectivity index (χ1n) is 9.11. The molecular weight excluding hydrogens is 421 g/mol. The average Bonchev–Trinajstić information content (AvgIpc) is 2.69. The summed E-state index contributed by atoms with van der Waals surface area (Å²) in [5, 5.41) is 5.38. The highest BCUT2D eigenvalue weighted by atomic mass is 19.4. The van der Waals surface area contributed by atoms with Crippen LogP contribution in [0.25, 0.3) is 11.3 Å². The number of benzene rings is 1. The summed E-state index contributed by atoms with van der Waals surface area (Å²) in [5.41, 5.74) is -0.429. The van der Waals surface area contributed by atoms with Crippen LogP contribution in [0.5, 0.6) is 0 Å². The van der Waals surface area contributed by atoms with Crippen LogP contribution in [0.4, 0.5) is 32.4 Å². The van der Waals surface area contributed by atoms with E-state index in [1.807, 2.05) is 0 Å². The van der Waals surface area contributed by atoms with Gasteiger partial charge in [-0.3, -0.25) is 4.98 Å². The molecule has 0 radical (unpaired) electrons. The maximum absolute atomic E-state index is 12.7. The lowest BCUT2D eigenvalue weighted by molar-refractivity contribution is -0.137. The number of hydrogen-bond donors (Lipinski definition) is 2. The minimum Gasteiger partial charge on any atom is -0.435 e. The summed E-state index contributed by atoms with van der Waals surface area (Å²) in [6, 6.07) is 8.11. The second kappa shape index (κ2) is 8.75. The van der Waals surface area contributed by atoms with E-state index in [2.05, 4.69) is 20.4 Å². The van der Waals surface area contributed by atoms with Crippen molar-refractivity contribution in [1.29, 1.82) is 0 Å². The lowest BCUT2D eigenvalue weighted by atomic mass is 9.93. The van der Waals surface area contributed by atoms with Crippen molar-refractivity contribution in [2.24, 2.45) is 0 Å². The number of aromatic nitrogens is 1. The predicted molar refractivity (Wildman–Crippen MR) is 104 cm³/mol. The van der Waals surface area contributed by atoms with Gasteiger partial charge in [-0.2, -0.15) is 22.0 Å². The molecule has 2 aromatic rings. The molecule has 1 heterocycles. The van der Waals surface area contributed by atoms with Crippen molar-refractivity contribution in [2.45, 2.75) is 31.7 Å². The third-order valence-electron chi connectivity index (χ3n) is 4.47. The molecule has 0 fully saturated rings. The smallest absolute Gasteiger partial charge is 0.417 e. The van der Waals surface area contributed by atoms with Gasteiger partial charge in [-0.25, -0.2) is 4.79 Å². The van der Waals surface area contributed by atoms with E-state index >= 15 is 0 Å². The van der Waals surface area contributed by atoms with Gasteiger partial charge in [-0.05, 0) is 49.8 Å². The third kappa shape index (κ3) is 6.03. The van der Waals surface area contributed by atoms with Gasteiger partial charge in [0.2, 0.25) is 0 Å². The van der Waals surface area contributed by atoms with Gasteiger partial charge in [0.25, 0.3) is 0 Å². The molecule has 1 aliphatic rings. The summed E-state index contributed by atoms with van der Waals surface area (Å²) in [5.74, 6) is 0.0198. The fourth-order valence-electron chi connectivity index (χ4n) is 2.91. The van der Waals surface area contributed by atoms with E-state index in [0.29, 0.717) is 16.9 Å². The maximum atomic E-state index is 12.7. The van der Waals surface area contributed by atoms with E-state index in [1.165, 1.54) is 18.2 Å². The molecule has 1 atom stereocenters. The Bertz CT molecular complexity index is 1000. The Kier molecular flexibility index (Phi) is 6.28. The molecular formula is C21H18F5N3O2. The van der Waals surface area contributed by atoms with Gasteiger partial charge in [-0.1, -0.05) is 18.2 Å². The molecule has 1 aliphatic carbocycles. The molecule has 1 unspecified atom stereocenters. The Morgan fingerprint density at radius 3 is 2.58 bits per heavy atom. The van der Waals surface area contributed by atoms with Crippen LogP contribution in [0.15, 0.2) is 66.6 Å². The molecule has 1 aromatic carbocycles. The van der Waals surface area contributed by atoms with Crippen LogP contribution in [0.1, 0.15) is 18.9 Å². The number of pyridine rings is 1. The number of carbonyl (C=O) groups is 1. The molecule has 0 bridgehead atoms. The number of anilines is 1. The summed E-state index contributed by atoms with van der Waals surface area (Å²) in [4.78, 5) is 16.2. The summed E-state index contributed by atoms with van der Waals surface area (Å²) in [6.07, 6.45) is 0.869. The zero-order valence-corrected chi connectivity index (χ0v) is 16.2. The lowest BCUT2D eigenvalue weighted by Crippen LogP contribution is -2.46. The van der Waals surface area contributed by atoms with E-state index in [4.69, 9.17) is 0 Å². The van der Waals surface area contributed by atoms with Crippen molar-refractivity contribution in [1.82, 2.24) is 10.3 Å². The summed E-state index contributed by atoms with van der Waals surface area (Å²) in [7, 11) is 0. The predicted octanol–water partition coefficient (Wildman–Crippen LogP) is 5.73. The van der Waals surface area contributed by atoms with Crippen molar-refractivity contribution < 1.29 is 31.5 Å². The molecule has 10 heteroatoms. The van der Waals surface area contributed by atoms with Crippen LogP contribution >= 0.6 is 0 Å². The lowest BCUT2D eigenvalue weighted by Gasteiger charge is -2.29. The number of rotatable bonds is 5. The summed E-state index contributed by atoms with van der Waals surface area (Å²) >= 11 is 0. The van der Waals surface area contributed by atoms with Gasteiger partial charge in [0, 0.05) is 17.4 Å². The molecule has 3 rings (SSSR count). The van der Waals surface area contributed by atoms with Crippen molar-refractivity contribution in [3.8, 4) is 11.3 Å². The quantitative estimate of drug-likeness (QED) is 0.585. The molecule has 5 nitrogen and oxygen atoms in total. The van der Waals surface area contributed by atoms with Crippen molar-refractivity contribution in [3.05, 3.63) is 72.1 Å². The van der Waals surface area contributed by atoms with Gasteiger partial charge in [0.05, 0.1) is 16.8 Å². The Morgan fingerprint density at radius 1 is 1.23 bits per heavy atom. The van der Waals surface area contributed by atoms with E-state index in [0.717, 1.165) is 12.3 Å². The van der Waals surface area contributed by atoms with Crippen LogP contribution in [-0.2, 0) is 10.9 Å². The van der Waals surface area contributed by atoms with Crippen molar-refractivity contribution in [3.63, 3.8) is 0 Å². The van der Waals surface area contributed by atoms with E-state index < -0.39 is 29.9 Å². The second-order valence-corrected chi connectivity index (χ2v) is 7.03. The number of halogens is 5. The Balaban J connectivity index is 1.64. The first-order valence-corrected chi connectivity index (χ1v) is 9.11. The van der Waals surface area contributed by atoms with Gasteiger partial charge >= 0.3 is 18.8 Å². The molecule has 2 amide bonds. The normalized spacial score (nSPS) is 18.5. The fraction of sp³-hybridized carbons (Fsp3) is 0.238. The summed E-state index contributed by atoms with van der Waals surface area (Å²) in [6.45, 7) is -1.22. The zero-order valence-electron chi connectivity index (χ0n) is 16.2. The first-order chi connectivity index (χ1) is 14.5. The second-order valence-electron chi connectivity index (χ2n) is 7.03. The van der Waals surface area contributed by atoms with Gasteiger partial charge in [-0.15, -0.1) is 0 Å². The Morgan fingerprint density at radius 2 is 2.00 bits per heavy atom. The Labute approximate surface area is 174 Å². The van der Waals surface area contributed by atoms with Crippen LogP contribution in [0, 0.1) is 0 Å². The zero-order chi connectivity index (χ0) is 22.6. The minimum atomic E-state index is -4.47. The molecule has 1 aromatic heterocycles. The number of ether oxygens (including phenoxy) is 1. The van der Waals surface area contributed by atoms with Gasteiger partial charge in [0.15, 0.2) is 0 Å². The average molecular weight is 439 g/mol. The number of urea groups is 1. The summed E-state index contributed by atoms with van der Waals surface area (Å²) < 4.78 is 66.9. The van der Waals surface area contributed by atoms with E-state index in [9.17, 15) is 26.7 Å². The molecule has 0 spiro atoms. The fourth-order valence-corrected chi connectivity index (χ4v) is 2.91. The molecule has 0 aliphatic heterocycles. The molecule has 164 valence electrons. The van der Waals surface area contributed by atoms with Crippen LogP contribution in [-0.4, -0.2) is 23.2 Å². The number of alkyl halides is 5. The van der Waals surface area contributed by atoms with E-state index in [1.54, 1.807) is 37.3 Å². The number of nitrogens with zero attached hydrogens (tertiary/aromatic N) is 1. The van der Waals surface area contributed by atoms with Crippen molar-refractivity contribution >= 4 is 11.7 Å². The number of hydrogen-bond acceptors (Lipinski definition) is 3. The highest BCUT2D eigenvalue weighted by Crippen LogP contribution is 2.30. The number of nitrogens with one attached hydrogen (secondary N) is 2. The largest absolute Gasteiger partial charge is 0.435 e. The van der Waals surface area contributed by atoms with E-state index in [-0.39, 0.29) is 12.2 Å². The van der Waals surface area contributed by atoms with Crippen LogP contribution < -0.4 is 10.6 Å². The number of allylic oxidation sites excluding steroid dienone is 1. The first kappa shape index (κ1) is 22.3.